The zero-order valence-corrected chi connectivity index (χ0v) is 19.2. The van der Waals surface area contributed by atoms with Crippen molar-refractivity contribution in [3.05, 3.63) is 0 Å². The molecule has 0 saturated heterocycles. The van der Waals surface area contributed by atoms with E-state index in [2.05, 4.69) is 20.8 Å². The standard InChI is InChI=1S/C22H46O7/c1-4-6-7-8-23-9-10-24-11-12-25-13-14-26-15-16-27-17-18-28-19-20-29-21-22(3)5-2/h22H,4-21H2,1-3H3. The highest BCUT2D eigenvalue weighted by Gasteiger charge is 1.98. The Balaban J connectivity index is 3.00. The first kappa shape index (κ1) is 28.7. The molecular formula is C22H46O7. The van der Waals surface area contributed by atoms with Gasteiger partial charge in [0, 0.05) is 13.2 Å². The molecule has 0 heterocycles. The number of ether oxygens (including phenoxy) is 7. The van der Waals surface area contributed by atoms with Crippen molar-refractivity contribution in [1.29, 1.82) is 0 Å². The molecule has 0 saturated carbocycles. The van der Waals surface area contributed by atoms with Crippen LogP contribution < -0.4 is 0 Å². The first-order chi connectivity index (χ1) is 14.3. The van der Waals surface area contributed by atoms with Gasteiger partial charge >= 0.3 is 0 Å². The summed E-state index contributed by atoms with van der Waals surface area (Å²) in [4.78, 5) is 0. The lowest BCUT2D eigenvalue weighted by molar-refractivity contribution is -0.0215. The maximum atomic E-state index is 5.52. The molecule has 29 heavy (non-hydrogen) atoms. The lowest BCUT2D eigenvalue weighted by Gasteiger charge is -2.10. The molecule has 0 spiro atoms. The zero-order valence-electron chi connectivity index (χ0n) is 19.2. The zero-order chi connectivity index (χ0) is 21.3. The molecule has 0 amide bonds. The minimum atomic E-state index is 0.563. The van der Waals surface area contributed by atoms with Crippen LogP contribution in [0.4, 0.5) is 0 Å². The van der Waals surface area contributed by atoms with E-state index < -0.39 is 0 Å². The Labute approximate surface area is 178 Å². The molecule has 0 aliphatic carbocycles. The molecule has 0 fully saturated rings. The molecule has 0 N–H and O–H groups in total. The van der Waals surface area contributed by atoms with Crippen LogP contribution in [0.3, 0.4) is 0 Å². The van der Waals surface area contributed by atoms with E-state index in [-0.39, 0.29) is 0 Å². The monoisotopic (exact) mass is 422 g/mol. The summed E-state index contributed by atoms with van der Waals surface area (Å²) < 4.78 is 38.2. The topological polar surface area (TPSA) is 64.6 Å². The summed E-state index contributed by atoms with van der Waals surface area (Å²) in [6.07, 6.45) is 4.72. The second-order valence-electron chi connectivity index (χ2n) is 6.97. The van der Waals surface area contributed by atoms with Crippen LogP contribution in [0.1, 0.15) is 46.5 Å². The molecule has 0 rings (SSSR count). The van der Waals surface area contributed by atoms with E-state index in [4.69, 9.17) is 33.2 Å². The third kappa shape index (κ3) is 25.7. The Morgan fingerprint density at radius 3 is 1.14 bits per heavy atom. The van der Waals surface area contributed by atoms with E-state index in [9.17, 15) is 0 Å². The van der Waals surface area contributed by atoms with E-state index in [1.165, 1.54) is 12.8 Å². The van der Waals surface area contributed by atoms with Crippen molar-refractivity contribution >= 4 is 0 Å². The summed E-state index contributed by atoms with van der Waals surface area (Å²) in [5.74, 6) is 0.613. The predicted octanol–water partition coefficient (Wildman–Crippen LogP) is 3.34. The number of hydrogen-bond donors (Lipinski definition) is 0. The maximum absolute atomic E-state index is 5.52. The van der Waals surface area contributed by atoms with Gasteiger partial charge in [-0.15, -0.1) is 0 Å². The largest absolute Gasteiger partial charge is 0.379 e. The first-order valence-electron chi connectivity index (χ1n) is 11.3. The third-order valence-electron chi connectivity index (χ3n) is 4.22. The van der Waals surface area contributed by atoms with Crippen LogP contribution in [0, 0.1) is 5.92 Å². The Bertz CT molecular complexity index is 292. The highest BCUT2D eigenvalue weighted by atomic mass is 16.6. The van der Waals surface area contributed by atoms with Gasteiger partial charge in [-0.1, -0.05) is 40.0 Å². The molecule has 0 aliphatic heterocycles. The second-order valence-corrected chi connectivity index (χ2v) is 6.97. The molecular weight excluding hydrogens is 376 g/mol. The second kappa shape index (κ2) is 25.8. The van der Waals surface area contributed by atoms with Gasteiger partial charge in [-0.2, -0.15) is 0 Å². The fourth-order valence-corrected chi connectivity index (χ4v) is 2.18. The van der Waals surface area contributed by atoms with Crippen molar-refractivity contribution in [2.24, 2.45) is 5.92 Å². The average Bonchev–Trinajstić information content (AvgIpc) is 2.74. The fourth-order valence-electron chi connectivity index (χ4n) is 2.18. The van der Waals surface area contributed by atoms with Crippen LogP contribution in [-0.2, 0) is 33.2 Å². The summed E-state index contributed by atoms with van der Waals surface area (Å²) in [7, 11) is 0. The molecule has 0 aromatic heterocycles. The van der Waals surface area contributed by atoms with Crippen LogP contribution in [0.5, 0.6) is 0 Å². The van der Waals surface area contributed by atoms with E-state index in [1.54, 1.807) is 0 Å². The van der Waals surface area contributed by atoms with Gasteiger partial charge in [0.15, 0.2) is 0 Å². The van der Waals surface area contributed by atoms with Gasteiger partial charge in [0.25, 0.3) is 0 Å². The van der Waals surface area contributed by atoms with Gasteiger partial charge in [-0.05, 0) is 12.3 Å². The van der Waals surface area contributed by atoms with Crippen LogP contribution in [0.15, 0.2) is 0 Å². The smallest absolute Gasteiger partial charge is 0.0701 e. The van der Waals surface area contributed by atoms with Crippen molar-refractivity contribution in [3.63, 3.8) is 0 Å². The van der Waals surface area contributed by atoms with Crippen LogP contribution in [-0.4, -0.2) is 92.5 Å². The highest BCUT2D eigenvalue weighted by molar-refractivity contribution is 4.46. The van der Waals surface area contributed by atoms with E-state index in [0.717, 1.165) is 26.1 Å². The summed E-state index contributed by atoms with van der Waals surface area (Å²) in [6.45, 7) is 15.3. The van der Waals surface area contributed by atoms with Gasteiger partial charge in [0.2, 0.25) is 0 Å². The molecule has 0 bridgehead atoms. The van der Waals surface area contributed by atoms with Gasteiger partial charge in [0.05, 0.1) is 79.3 Å². The molecule has 7 heteroatoms. The molecule has 0 radical (unpaired) electrons. The van der Waals surface area contributed by atoms with E-state index >= 15 is 0 Å². The summed E-state index contributed by atoms with van der Waals surface area (Å²) in [5.41, 5.74) is 0. The van der Waals surface area contributed by atoms with Crippen LogP contribution in [0.25, 0.3) is 0 Å². The maximum Gasteiger partial charge on any atom is 0.0701 e. The van der Waals surface area contributed by atoms with Crippen molar-refractivity contribution in [1.82, 2.24) is 0 Å². The minimum absolute atomic E-state index is 0.563. The lowest BCUT2D eigenvalue weighted by atomic mass is 10.1. The number of rotatable bonds is 25. The van der Waals surface area contributed by atoms with Gasteiger partial charge < -0.3 is 33.2 Å². The molecule has 7 nitrogen and oxygen atoms in total. The molecule has 0 aromatic rings. The third-order valence-corrected chi connectivity index (χ3v) is 4.22. The molecule has 1 unspecified atom stereocenters. The quantitative estimate of drug-likeness (QED) is 0.209. The minimum Gasteiger partial charge on any atom is -0.379 e. The van der Waals surface area contributed by atoms with E-state index in [0.29, 0.717) is 85.2 Å². The van der Waals surface area contributed by atoms with Crippen LogP contribution in [0.2, 0.25) is 0 Å². The summed E-state index contributed by atoms with van der Waals surface area (Å²) in [6, 6.07) is 0. The lowest BCUT2D eigenvalue weighted by Crippen LogP contribution is -2.15. The Morgan fingerprint density at radius 2 is 0.793 bits per heavy atom. The van der Waals surface area contributed by atoms with Crippen molar-refractivity contribution in [3.8, 4) is 0 Å². The average molecular weight is 423 g/mol. The van der Waals surface area contributed by atoms with E-state index in [1.807, 2.05) is 0 Å². The fraction of sp³-hybridized carbons (Fsp3) is 1.00. The molecule has 1 atom stereocenters. The SMILES string of the molecule is CCCCCOCCOCCOCCOCCOCCOCCOCC(C)CC. The van der Waals surface area contributed by atoms with Crippen molar-refractivity contribution in [2.75, 3.05) is 92.5 Å². The highest BCUT2D eigenvalue weighted by Crippen LogP contribution is 2.00. The predicted molar refractivity (Wildman–Crippen MR) is 115 cm³/mol. The first-order valence-corrected chi connectivity index (χ1v) is 11.3. The molecule has 0 aromatic carbocycles. The Hall–Kier alpha value is -0.280. The summed E-state index contributed by atoms with van der Waals surface area (Å²) >= 11 is 0. The molecule has 176 valence electrons. The normalized spacial score (nSPS) is 12.5. The van der Waals surface area contributed by atoms with Gasteiger partial charge in [-0.3, -0.25) is 0 Å². The number of unbranched alkanes of at least 4 members (excludes halogenated alkanes) is 2. The van der Waals surface area contributed by atoms with Crippen molar-refractivity contribution < 1.29 is 33.2 Å². The van der Waals surface area contributed by atoms with Crippen LogP contribution >= 0.6 is 0 Å². The summed E-state index contributed by atoms with van der Waals surface area (Å²) in [5, 5.41) is 0. The number of hydrogen-bond acceptors (Lipinski definition) is 7. The Morgan fingerprint density at radius 1 is 0.448 bits per heavy atom. The van der Waals surface area contributed by atoms with Gasteiger partial charge in [0.1, 0.15) is 0 Å². The van der Waals surface area contributed by atoms with Gasteiger partial charge in [-0.25, -0.2) is 0 Å². The molecule has 0 aliphatic rings. The van der Waals surface area contributed by atoms with Crippen molar-refractivity contribution in [2.45, 2.75) is 46.5 Å². The Kier molecular flexibility index (Phi) is 25.5.